The number of rotatable bonds is 9. The van der Waals surface area contributed by atoms with Gasteiger partial charge in [-0.3, -0.25) is 0 Å². The van der Waals surface area contributed by atoms with E-state index in [-0.39, 0.29) is 5.82 Å². The van der Waals surface area contributed by atoms with Crippen molar-refractivity contribution < 1.29 is 4.39 Å². The SMILES string of the molecule is CCCCCN1CC[C@H](c2ccc(F)cc2)[C@@H](CNCCN)C1. The molecule has 1 aliphatic rings. The van der Waals surface area contributed by atoms with Crippen LogP contribution in [0.2, 0.25) is 0 Å². The summed E-state index contributed by atoms with van der Waals surface area (Å²) < 4.78 is 13.2. The summed E-state index contributed by atoms with van der Waals surface area (Å²) in [4.78, 5) is 2.60. The van der Waals surface area contributed by atoms with Crippen LogP contribution in [0, 0.1) is 11.7 Å². The second kappa shape index (κ2) is 10.0. The number of likely N-dealkylation sites (tertiary alicyclic amines) is 1. The van der Waals surface area contributed by atoms with Crippen molar-refractivity contribution >= 4 is 0 Å². The number of benzene rings is 1. The van der Waals surface area contributed by atoms with Crippen molar-refractivity contribution in [3.8, 4) is 0 Å². The Hall–Kier alpha value is -0.970. The molecule has 0 saturated carbocycles. The quantitative estimate of drug-likeness (QED) is 0.687. The molecule has 130 valence electrons. The molecule has 0 spiro atoms. The van der Waals surface area contributed by atoms with Gasteiger partial charge in [-0.15, -0.1) is 0 Å². The van der Waals surface area contributed by atoms with E-state index in [0.717, 1.165) is 32.6 Å². The lowest BCUT2D eigenvalue weighted by Crippen LogP contribution is -2.44. The third kappa shape index (κ3) is 5.87. The Balaban J connectivity index is 1.97. The van der Waals surface area contributed by atoms with E-state index in [2.05, 4.69) is 17.1 Å². The molecule has 3 N–H and O–H groups in total. The van der Waals surface area contributed by atoms with Gasteiger partial charge in [-0.05, 0) is 62.0 Å². The van der Waals surface area contributed by atoms with E-state index in [0.29, 0.717) is 18.4 Å². The zero-order valence-electron chi connectivity index (χ0n) is 14.4. The number of hydrogen-bond acceptors (Lipinski definition) is 3. The predicted octanol–water partition coefficient (Wildman–Crippen LogP) is 2.97. The molecule has 1 heterocycles. The molecule has 23 heavy (non-hydrogen) atoms. The molecule has 0 radical (unpaired) electrons. The molecule has 1 aromatic carbocycles. The maximum Gasteiger partial charge on any atom is 0.123 e. The monoisotopic (exact) mass is 321 g/mol. The zero-order valence-corrected chi connectivity index (χ0v) is 14.4. The van der Waals surface area contributed by atoms with Crippen molar-refractivity contribution in [2.45, 2.75) is 38.5 Å². The second-order valence-corrected chi connectivity index (χ2v) is 6.71. The van der Waals surface area contributed by atoms with E-state index in [1.165, 1.54) is 31.4 Å². The van der Waals surface area contributed by atoms with Gasteiger partial charge in [0.2, 0.25) is 0 Å². The van der Waals surface area contributed by atoms with Crippen LogP contribution in [0.4, 0.5) is 4.39 Å². The maximum absolute atomic E-state index is 13.2. The highest BCUT2D eigenvalue weighted by Crippen LogP contribution is 2.33. The molecule has 2 atom stereocenters. The Bertz CT molecular complexity index is 435. The summed E-state index contributed by atoms with van der Waals surface area (Å²) in [6.07, 6.45) is 5.04. The number of halogens is 1. The van der Waals surface area contributed by atoms with Crippen molar-refractivity contribution in [3.63, 3.8) is 0 Å². The Morgan fingerprint density at radius 2 is 2.04 bits per heavy atom. The summed E-state index contributed by atoms with van der Waals surface area (Å²) in [6.45, 7) is 8.26. The maximum atomic E-state index is 13.2. The van der Waals surface area contributed by atoms with Crippen molar-refractivity contribution in [1.29, 1.82) is 0 Å². The predicted molar refractivity (Wildman–Crippen MR) is 95.1 cm³/mol. The van der Waals surface area contributed by atoms with Gasteiger partial charge in [0.05, 0.1) is 0 Å². The number of nitrogens with zero attached hydrogens (tertiary/aromatic N) is 1. The van der Waals surface area contributed by atoms with Crippen LogP contribution in [-0.2, 0) is 0 Å². The Kier molecular flexibility index (Phi) is 8.00. The largest absolute Gasteiger partial charge is 0.329 e. The van der Waals surface area contributed by atoms with Crippen molar-refractivity contribution in [2.75, 3.05) is 39.3 Å². The first-order chi connectivity index (χ1) is 11.2. The van der Waals surface area contributed by atoms with Gasteiger partial charge in [0.1, 0.15) is 5.82 Å². The van der Waals surface area contributed by atoms with E-state index >= 15 is 0 Å². The van der Waals surface area contributed by atoms with Gasteiger partial charge in [0.25, 0.3) is 0 Å². The highest BCUT2D eigenvalue weighted by Gasteiger charge is 2.29. The Morgan fingerprint density at radius 3 is 2.74 bits per heavy atom. The van der Waals surface area contributed by atoms with Crippen LogP contribution in [0.5, 0.6) is 0 Å². The van der Waals surface area contributed by atoms with Crippen LogP contribution < -0.4 is 11.1 Å². The van der Waals surface area contributed by atoms with E-state index < -0.39 is 0 Å². The fraction of sp³-hybridized carbons (Fsp3) is 0.684. The van der Waals surface area contributed by atoms with Crippen LogP contribution in [0.15, 0.2) is 24.3 Å². The number of nitrogens with one attached hydrogen (secondary N) is 1. The Morgan fingerprint density at radius 1 is 1.26 bits per heavy atom. The number of hydrogen-bond donors (Lipinski definition) is 2. The molecular weight excluding hydrogens is 289 g/mol. The third-order valence-electron chi connectivity index (χ3n) is 4.92. The molecule has 4 heteroatoms. The molecule has 0 bridgehead atoms. The summed E-state index contributed by atoms with van der Waals surface area (Å²) >= 11 is 0. The van der Waals surface area contributed by atoms with Crippen LogP contribution in [0.1, 0.15) is 44.1 Å². The fourth-order valence-electron chi connectivity index (χ4n) is 3.64. The van der Waals surface area contributed by atoms with Gasteiger partial charge in [0, 0.05) is 19.6 Å². The molecule has 0 unspecified atom stereocenters. The van der Waals surface area contributed by atoms with Crippen molar-refractivity contribution in [1.82, 2.24) is 10.2 Å². The van der Waals surface area contributed by atoms with Crippen molar-refractivity contribution in [2.24, 2.45) is 11.7 Å². The molecule has 0 aromatic heterocycles. The first-order valence-electron chi connectivity index (χ1n) is 9.13. The topological polar surface area (TPSA) is 41.3 Å². The minimum atomic E-state index is -0.149. The molecular formula is C19H32FN3. The molecule has 0 amide bonds. The van der Waals surface area contributed by atoms with Gasteiger partial charge in [0.15, 0.2) is 0 Å². The summed E-state index contributed by atoms with van der Waals surface area (Å²) in [5.41, 5.74) is 6.88. The molecule has 1 saturated heterocycles. The van der Waals surface area contributed by atoms with Crippen molar-refractivity contribution in [3.05, 3.63) is 35.6 Å². The van der Waals surface area contributed by atoms with Crippen LogP contribution >= 0.6 is 0 Å². The standard InChI is InChI=1S/C19H32FN3/c1-2-3-4-12-23-13-9-19(16-5-7-18(20)8-6-16)17(15-23)14-22-11-10-21/h5-8,17,19,22H,2-4,9-15,21H2,1H3/t17-,19+/m0/s1. The first-order valence-corrected chi connectivity index (χ1v) is 9.13. The van der Waals surface area contributed by atoms with Crippen LogP contribution in [0.3, 0.4) is 0 Å². The molecule has 2 rings (SSSR count). The normalized spacial score (nSPS) is 22.4. The van der Waals surface area contributed by atoms with E-state index in [4.69, 9.17) is 5.73 Å². The third-order valence-corrected chi connectivity index (χ3v) is 4.92. The molecule has 1 aliphatic heterocycles. The average molecular weight is 321 g/mol. The van der Waals surface area contributed by atoms with E-state index in [9.17, 15) is 4.39 Å². The lowest BCUT2D eigenvalue weighted by molar-refractivity contribution is 0.149. The van der Waals surface area contributed by atoms with Gasteiger partial charge in [-0.1, -0.05) is 31.9 Å². The molecule has 1 fully saturated rings. The molecule has 3 nitrogen and oxygen atoms in total. The Labute approximate surface area is 140 Å². The average Bonchev–Trinajstić information content (AvgIpc) is 2.57. The van der Waals surface area contributed by atoms with Gasteiger partial charge < -0.3 is 16.0 Å². The minimum absolute atomic E-state index is 0.149. The highest BCUT2D eigenvalue weighted by molar-refractivity contribution is 5.22. The summed E-state index contributed by atoms with van der Waals surface area (Å²) in [5.74, 6) is 0.939. The van der Waals surface area contributed by atoms with Gasteiger partial charge in [-0.25, -0.2) is 4.39 Å². The van der Waals surface area contributed by atoms with Crippen LogP contribution in [0.25, 0.3) is 0 Å². The lowest BCUT2D eigenvalue weighted by Gasteiger charge is -2.39. The zero-order chi connectivity index (χ0) is 16.5. The summed E-state index contributed by atoms with van der Waals surface area (Å²) in [6, 6.07) is 7.10. The second-order valence-electron chi connectivity index (χ2n) is 6.71. The van der Waals surface area contributed by atoms with E-state index in [1.54, 1.807) is 12.1 Å². The highest BCUT2D eigenvalue weighted by atomic mass is 19.1. The van der Waals surface area contributed by atoms with E-state index in [1.807, 2.05) is 12.1 Å². The number of unbranched alkanes of at least 4 members (excludes halogenated alkanes) is 2. The number of piperidine rings is 1. The smallest absolute Gasteiger partial charge is 0.123 e. The van der Waals surface area contributed by atoms with Gasteiger partial charge in [-0.2, -0.15) is 0 Å². The molecule has 0 aliphatic carbocycles. The number of nitrogens with two attached hydrogens (primary N) is 1. The first kappa shape index (κ1) is 18.4. The van der Waals surface area contributed by atoms with Gasteiger partial charge >= 0.3 is 0 Å². The van der Waals surface area contributed by atoms with Crippen LogP contribution in [-0.4, -0.2) is 44.2 Å². The summed E-state index contributed by atoms with van der Waals surface area (Å²) in [7, 11) is 0. The summed E-state index contributed by atoms with van der Waals surface area (Å²) in [5, 5.41) is 3.48. The fourth-order valence-corrected chi connectivity index (χ4v) is 3.64. The minimum Gasteiger partial charge on any atom is -0.329 e. The lowest BCUT2D eigenvalue weighted by atomic mass is 9.80. The molecule has 1 aromatic rings.